The number of sulfonamides is 1. The van der Waals surface area contributed by atoms with Crippen LogP contribution in [0, 0.1) is 24.6 Å². The molecule has 0 atom stereocenters. The summed E-state index contributed by atoms with van der Waals surface area (Å²) in [4.78, 5) is 0.152. The van der Waals surface area contributed by atoms with E-state index in [-0.39, 0.29) is 17.3 Å². The second kappa shape index (κ2) is 7.27. The summed E-state index contributed by atoms with van der Waals surface area (Å²) in [6, 6.07) is 10.3. The van der Waals surface area contributed by atoms with Crippen LogP contribution in [-0.2, 0) is 10.0 Å². The zero-order chi connectivity index (χ0) is 16.9. The molecular weight excluding hydrogens is 317 g/mol. The Labute approximate surface area is 135 Å². The molecule has 0 heterocycles. The molecule has 0 bridgehead atoms. The predicted molar refractivity (Wildman–Crippen MR) is 86.2 cm³/mol. The zero-order valence-electron chi connectivity index (χ0n) is 12.8. The van der Waals surface area contributed by atoms with Crippen molar-refractivity contribution < 1.29 is 17.5 Å². The Bertz CT molecular complexity index is 850. The SMILES string of the molecule is COc1ccc(S(=O)(=O)NCC#Cc2ccc(F)cc2)cc1C. The zero-order valence-corrected chi connectivity index (χ0v) is 13.6. The van der Waals surface area contributed by atoms with Crippen molar-refractivity contribution in [2.24, 2.45) is 0 Å². The van der Waals surface area contributed by atoms with Gasteiger partial charge in [0, 0.05) is 5.56 Å². The smallest absolute Gasteiger partial charge is 0.241 e. The van der Waals surface area contributed by atoms with Gasteiger partial charge in [0.2, 0.25) is 10.0 Å². The highest BCUT2D eigenvalue weighted by Gasteiger charge is 2.14. The standard InChI is InChI=1S/C17H16FNO3S/c1-13-12-16(9-10-17(13)22-2)23(20,21)19-11-3-4-14-5-7-15(18)8-6-14/h5-10,12,19H,11H2,1-2H3. The Morgan fingerprint density at radius 2 is 1.87 bits per heavy atom. The van der Waals surface area contributed by atoms with E-state index in [2.05, 4.69) is 16.6 Å². The number of hydrogen-bond donors (Lipinski definition) is 1. The molecule has 0 aliphatic rings. The van der Waals surface area contributed by atoms with Crippen LogP contribution < -0.4 is 9.46 Å². The summed E-state index contributed by atoms with van der Waals surface area (Å²) < 4.78 is 44.6. The average molecular weight is 333 g/mol. The van der Waals surface area contributed by atoms with Crippen molar-refractivity contribution in [2.75, 3.05) is 13.7 Å². The van der Waals surface area contributed by atoms with Crippen molar-refractivity contribution in [2.45, 2.75) is 11.8 Å². The molecule has 4 nitrogen and oxygen atoms in total. The molecule has 0 aliphatic heterocycles. The van der Waals surface area contributed by atoms with E-state index in [0.717, 1.165) is 5.56 Å². The summed E-state index contributed by atoms with van der Waals surface area (Å²) in [7, 11) is -2.11. The lowest BCUT2D eigenvalue weighted by Crippen LogP contribution is -2.24. The molecule has 6 heteroatoms. The number of halogens is 1. The number of hydrogen-bond acceptors (Lipinski definition) is 3. The van der Waals surface area contributed by atoms with E-state index in [1.807, 2.05) is 0 Å². The highest BCUT2D eigenvalue weighted by atomic mass is 32.2. The highest BCUT2D eigenvalue weighted by molar-refractivity contribution is 7.89. The Balaban J connectivity index is 2.05. The minimum absolute atomic E-state index is 0.0369. The molecule has 120 valence electrons. The average Bonchev–Trinajstić information content (AvgIpc) is 2.53. The number of rotatable bonds is 4. The van der Waals surface area contributed by atoms with E-state index in [9.17, 15) is 12.8 Å². The first-order chi connectivity index (χ1) is 10.9. The molecule has 0 unspecified atom stereocenters. The van der Waals surface area contributed by atoms with Gasteiger partial charge < -0.3 is 4.74 Å². The van der Waals surface area contributed by atoms with E-state index in [1.54, 1.807) is 13.0 Å². The van der Waals surface area contributed by atoms with Gasteiger partial charge in [-0.15, -0.1) is 0 Å². The van der Waals surface area contributed by atoms with Crippen molar-refractivity contribution >= 4 is 10.0 Å². The predicted octanol–water partition coefficient (Wildman–Crippen LogP) is 2.47. The van der Waals surface area contributed by atoms with Gasteiger partial charge in [0.1, 0.15) is 11.6 Å². The van der Waals surface area contributed by atoms with E-state index in [4.69, 9.17) is 4.74 Å². The maximum Gasteiger partial charge on any atom is 0.241 e. The summed E-state index contributed by atoms with van der Waals surface area (Å²) in [6.07, 6.45) is 0. The van der Waals surface area contributed by atoms with Crippen molar-refractivity contribution in [1.82, 2.24) is 4.72 Å². The van der Waals surface area contributed by atoms with E-state index >= 15 is 0 Å². The quantitative estimate of drug-likeness (QED) is 0.875. The Kier molecular flexibility index (Phi) is 5.37. The third kappa shape index (κ3) is 4.55. The van der Waals surface area contributed by atoms with Crippen molar-refractivity contribution in [3.05, 3.63) is 59.4 Å². The third-order valence-electron chi connectivity index (χ3n) is 3.10. The van der Waals surface area contributed by atoms with Crippen molar-refractivity contribution in [3.8, 4) is 17.6 Å². The Morgan fingerprint density at radius 1 is 1.17 bits per heavy atom. The minimum atomic E-state index is -3.64. The summed E-state index contributed by atoms with van der Waals surface area (Å²) in [5.74, 6) is 5.74. The van der Waals surface area contributed by atoms with E-state index in [1.165, 1.54) is 43.5 Å². The molecule has 0 saturated carbocycles. The fourth-order valence-corrected chi connectivity index (χ4v) is 2.92. The van der Waals surface area contributed by atoms with Crippen LogP contribution in [0.2, 0.25) is 0 Å². The van der Waals surface area contributed by atoms with Gasteiger partial charge in [-0.05, 0) is 55.0 Å². The largest absolute Gasteiger partial charge is 0.496 e. The van der Waals surface area contributed by atoms with Gasteiger partial charge in [-0.25, -0.2) is 12.8 Å². The van der Waals surface area contributed by atoms with E-state index < -0.39 is 10.0 Å². The fourth-order valence-electron chi connectivity index (χ4n) is 1.91. The molecule has 0 radical (unpaired) electrons. The maximum absolute atomic E-state index is 12.8. The van der Waals surface area contributed by atoms with Gasteiger partial charge in [-0.1, -0.05) is 11.8 Å². The van der Waals surface area contributed by atoms with Gasteiger partial charge in [0.15, 0.2) is 0 Å². The molecule has 0 spiro atoms. The molecular formula is C17H16FNO3S. The molecule has 0 fully saturated rings. The van der Waals surface area contributed by atoms with Gasteiger partial charge in [0.25, 0.3) is 0 Å². The number of nitrogens with one attached hydrogen (secondary N) is 1. The van der Waals surface area contributed by atoms with Crippen LogP contribution in [0.5, 0.6) is 5.75 Å². The normalized spacial score (nSPS) is 10.7. The Morgan fingerprint density at radius 3 is 2.48 bits per heavy atom. The van der Waals surface area contributed by atoms with Crippen LogP contribution >= 0.6 is 0 Å². The van der Waals surface area contributed by atoms with Crippen molar-refractivity contribution in [3.63, 3.8) is 0 Å². The highest BCUT2D eigenvalue weighted by Crippen LogP contribution is 2.21. The van der Waals surface area contributed by atoms with Crippen LogP contribution in [0.15, 0.2) is 47.4 Å². The van der Waals surface area contributed by atoms with Crippen LogP contribution in [0.3, 0.4) is 0 Å². The molecule has 2 aromatic carbocycles. The summed E-state index contributed by atoms with van der Waals surface area (Å²) in [5.41, 5.74) is 1.35. The Hall–Kier alpha value is -2.36. The minimum Gasteiger partial charge on any atom is -0.496 e. The lowest BCUT2D eigenvalue weighted by molar-refractivity contribution is 0.411. The molecule has 23 heavy (non-hydrogen) atoms. The molecule has 0 aromatic heterocycles. The number of ether oxygens (including phenoxy) is 1. The monoisotopic (exact) mass is 333 g/mol. The number of benzene rings is 2. The topological polar surface area (TPSA) is 55.4 Å². The van der Waals surface area contributed by atoms with Crippen LogP contribution in [0.25, 0.3) is 0 Å². The first-order valence-electron chi connectivity index (χ1n) is 6.81. The molecule has 0 amide bonds. The first kappa shape index (κ1) is 17.0. The molecule has 2 rings (SSSR count). The van der Waals surface area contributed by atoms with Crippen molar-refractivity contribution in [1.29, 1.82) is 0 Å². The number of methoxy groups -OCH3 is 1. The molecule has 1 N–H and O–H groups in total. The van der Waals surface area contributed by atoms with Gasteiger partial charge in [-0.3, -0.25) is 0 Å². The maximum atomic E-state index is 12.8. The van der Waals surface area contributed by atoms with Crippen LogP contribution in [0.4, 0.5) is 4.39 Å². The van der Waals surface area contributed by atoms with Gasteiger partial charge in [0.05, 0.1) is 18.6 Å². The first-order valence-corrected chi connectivity index (χ1v) is 8.29. The summed E-state index contributed by atoms with van der Waals surface area (Å²) in [5, 5.41) is 0. The molecule has 0 saturated heterocycles. The molecule has 2 aromatic rings. The second-order valence-corrected chi connectivity index (χ2v) is 6.53. The summed E-state index contributed by atoms with van der Waals surface area (Å²) >= 11 is 0. The number of aryl methyl sites for hydroxylation is 1. The van der Waals surface area contributed by atoms with E-state index in [0.29, 0.717) is 11.3 Å². The third-order valence-corrected chi connectivity index (χ3v) is 4.50. The second-order valence-electron chi connectivity index (χ2n) is 4.76. The molecule has 0 aliphatic carbocycles. The van der Waals surface area contributed by atoms with Crippen LogP contribution in [0.1, 0.15) is 11.1 Å². The fraction of sp³-hybridized carbons (Fsp3) is 0.176. The lowest BCUT2D eigenvalue weighted by atomic mass is 10.2. The van der Waals surface area contributed by atoms with Gasteiger partial charge >= 0.3 is 0 Å². The lowest BCUT2D eigenvalue weighted by Gasteiger charge is -2.08. The van der Waals surface area contributed by atoms with Gasteiger partial charge in [-0.2, -0.15) is 4.72 Å². The van der Waals surface area contributed by atoms with Crippen LogP contribution in [-0.4, -0.2) is 22.1 Å². The summed E-state index contributed by atoms with van der Waals surface area (Å²) in [6.45, 7) is 1.73.